The second kappa shape index (κ2) is 11.8. The smallest absolute Gasteiger partial charge is 0.338 e. The Kier molecular flexibility index (Phi) is 8.99. The van der Waals surface area contributed by atoms with Crippen LogP contribution in [-0.2, 0) is 34.0 Å². The fraction of sp³-hybridized carbons (Fsp3) is 0.483. The number of ether oxygens (including phenoxy) is 2. The van der Waals surface area contributed by atoms with E-state index in [1.807, 2.05) is 57.8 Å². The summed E-state index contributed by atoms with van der Waals surface area (Å²) in [7, 11) is 3.62. The maximum absolute atomic E-state index is 13.6. The number of rotatable bonds is 9. The number of aromatic nitrogens is 3. The Morgan fingerprint density at radius 1 is 1.05 bits per heavy atom. The molecule has 0 aliphatic rings. The Labute approximate surface area is 229 Å². The van der Waals surface area contributed by atoms with Crippen molar-refractivity contribution >= 4 is 35.3 Å². The van der Waals surface area contributed by atoms with Gasteiger partial charge in [0.2, 0.25) is 5.95 Å². The lowest BCUT2D eigenvalue weighted by Gasteiger charge is -2.19. The van der Waals surface area contributed by atoms with Crippen molar-refractivity contribution in [1.82, 2.24) is 19.0 Å². The van der Waals surface area contributed by atoms with Crippen molar-refractivity contribution in [2.75, 3.05) is 14.1 Å². The van der Waals surface area contributed by atoms with Crippen molar-refractivity contribution in [3.05, 3.63) is 58.0 Å². The molecule has 3 rings (SSSR count). The lowest BCUT2D eigenvalue weighted by Crippen LogP contribution is -2.29. The van der Waals surface area contributed by atoms with Crippen LogP contribution in [0.5, 0.6) is 0 Å². The number of hydrogen-bond donors (Lipinski definition) is 0. The van der Waals surface area contributed by atoms with Gasteiger partial charge in [-0.2, -0.15) is 0 Å². The molecular formula is C29H39N5O5. The summed E-state index contributed by atoms with van der Waals surface area (Å²) in [5.41, 5.74) is 0.937. The van der Waals surface area contributed by atoms with Crippen LogP contribution in [0.25, 0.3) is 11.0 Å². The van der Waals surface area contributed by atoms with Crippen molar-refractivity contribution < 1.29 is 19.1 Å². The predicted molar refractivity (Wildman–Crippen MR) is 151 cm³/mol. The zero-order chi connectivity index (χ0) is 29.0. The highest BCUT2D eigenvalue weighted by atomic mass is 16.6. The van der Waals surface area contributed by atoms with E-state index < -0.39 is 17.0 Å². The second-order valence-corrected chi connectivity index (χ2v) is 11.7. The molecule has 210 valence electrons. The summed E-state index contributed by atoms with van der Waals surface area (Å²) in [5, 5.41) is 0. The SMILES string of the molecule is CN(C)/C=N/c1nc2ccn(CCCc3ccc(C(=O)OC(C)(C)C)cc3)c2c(=O)n1COC(=O)C(C)(C)C. The van der Waals surface area contributed by atoms with Gasteiger partial charge in [0.1, 0.15) is 11.1 Å². The molecule has 10 nitrogen and oxygen atoms in total. The number of benzene rings is 1. The van der Waals surface area contributed by atoms with Crippen LogP contribution in [0, 0.1) is 5.41 Å². The number of nitrogens with zero attached hydrogens (tertiary/aromatic N) is 5. The second-order valence-electron chi connectivity index (χ2n) is 11.7. The average Bonchev–Trinajstić information content (AvgIpc) is 3.23. The minimum absolute atomic E-state index is 0.158. The van der Waals surface area contributed by atoms with Gasteiger partial charge < -0.3 is 18.9 Å². The van der Waals surface area contributed by atoms with Crippen molar-refractivity contribution in [3.8, 4) is 0 Å². The monoisotopic (exact) mass is 537 g/mol. The number of carbonyl (C=O) groups excluding carboxylic acids is 2. The van der Waals surface area contributed by atoms with Crippen LogP contribution in [0.1, 0.15) is 63.9 Å². The molecule has 2 heterocycles. The zero-order valence-corrected chi connectivity index (χ0v) is 24.1. The van der Waals surface area contributed by atoms with Gasteiger partial charge in [-0.05, 0) is 78.1 Å². The Balaban J connectivity index is 1.79. The Morgan fingerprint density at radius 2 is 1.72 bits per heavy atom. The fourth-order valence-electron chi connectivity index (χ4n) is 3.68. The third-order valence-electron chi connectivity index (χ3n) is 5.65. The number of aliphatic imine (C=N–C) groups is 1. The molecule has 39 heavy (non-hydrogen) atoms. The molecule has 0 bridgehead atoms. The minimum Gasteiger partial charge on any atom is -0.456 e. The maximum atomic E-state index is 13.6. The summed E-state index contributed by atoms with van der Waals surface area (Å²) in [6.07, 6.45) is 4.88. The highest BCUT2D eigenvalue weighted by molar-refractivity contribution is 5.89. The number of esters is 2. The number of carbonyl (C=O) groups is 2. The molecule has 0 unspecified atom stereocenters. The van der Waals surface area contributed by atoms with E-state index in [-0.39, 0.29) is 24.2 Å². The molecule has 0 aliphatic carbocycles. The zero-order valence-electron chi connectivity index (χ0n) is 24.1. The quantitative estimate of drug-likeness (QED) is 0.224. The molecule has 0 saturated carbocycles. The first-order valence-electron chi connectivity index (χ1n) is 13.0. The molecule has 0 aliphatic heterocycles. The third kappa shape index (κ3) is 8.02. The van der Waals surface area contributed by atoms with Crippen molar-refractivity contribution in [2.45, 2.75) is 73.3 Å². The van der Waals surface area contributed by atoms with Crippen LogP contribution >= 0.6 is 0 Å². The number of hydrogen-bond acceptors (Lipinski definition) is 7. The molecule has 0 amide bonds. The van der Waals surface area contributed by atoms with Gasteiger partial charge >= 0.3 is 11.9 Å². The van der Waals surface area contributed by atoms with Crippen molar-refractivity contribution in [2.24, 2.45) is 10.4 Å². The van der Waals surface area contributed by atoms with Gasteiger partial charge in [0.15, 0.2) is 6.73 Å². The van der Waals surface area contributed by atoms with Gasteiger partial charge in [-0.3, -0.25) is 9.59 Å². The molecule has 0 atom stereocenters. The summed E-state index contributed by atoms with van der Waals surface area (Å²) >= 11 is 0. The van der Waals surface area contributed by atoms with Gasteiger partial charge in [0.25, 0.3) is 5.56 Å². The van der Waals surface area contributed by atoms with Gasteiger partial charge in [-0.25, -0.2) is 19.3 Å². The Morgan fingerprint density at radius 3 is 2.31 bits per heavy atom. The lowest BCUT2D eigenvalue weighted by molar-refractivity contribution is -0.157. The maximum Gasteiger partial charge on any atom is 0.338 e. The van der Waals surface area contributed by atoms with E-state index in [4.69, 9.17) is 9.47 Å². The van der Waals surface area contributed by atoms with Crippen LogP contribution < -0.4 is 5.56 Å². The number of fused-ring (bicyclic) bond motifs is 1. The molecular weight excluding hydrogens is 498 g/mol. The number of aryl methyl sites for hydroxylation is 2. The van der Waals surface area contributed by atoms with Crippen LogP contribution in [0.4, 0.5) is 5.95 Å². The van der Waals surface area contributed by atoms with Crippen LogP contribution in [-0.4, -0.2) is 57.0 Å². The van der Waals surface area contributed by atoms with Gasteiger partial charge in [-0.1, -0.05) is 12.1 Å². The predicted octanol–water partition coefficient (Wildman–Crippen LogP) is 4.55. The Hall–Kier alpha value is -3.95. The lowest BCUT2D eigenvalue weighted by atomic mass is 9.98. The standard InChI is InChI=1S/C29H39N5O5/c1-28(2,3)26(37)38-19-34-24(35)23-22(31-27(34)30-18-32(7)8)15-17-33(23)16-9-10-20-11-13-21(14-12-20)25(36)39-29(4,5)6/h11-15,17-18H,9-10,16,19H2,1-8H3/b30-18+. The fourth-order valence-corrected chi connectivity index (χ4v) is 3.68. The normalized spacial score (nSPS) is 12.2. The van der Waals surface area contributed by atoms with E-state index in [1.165, 1.54) is 4.57 Å². The van der Waals surface area contributed by atoms with Crippen LogP contribution in [0.15, 0.2) is 46.3 Å². The summed E-state index contributed by atoms with van der Waals surface area (Å²) in [6, 6.07) is 9.16. The summed E-state index contributed by atoms with van der Waals surface area (Å²) in [4.78, 5) is 48.8. The first kappa shape index (κ1) is 29.6. The minimum atomic E-state index is -0.709. The molecule has 0 spiro atoms. The van der Waals surface area contributed by atoms with E-state index in [1.54, 1.807) is 50.2 Å². The van der Waals surface area contributed by atoms with Crippen LogP contribution in [0.3, 0.4) is 0 Å². The largest absolute Gasteiger partial charge is 0.456 e. The molecule has 1 aromatic carbocycles. The first-order valence-corrected chi connectivity index (χ1v) is 13.0. The van der Waals surface area contributed by atoms with Gasteiger partial charge in [0.05, 0.1) is 22.8 Å². The Bertz CT molecular complexity index is 1400. The molecule has 0 fully saturated rings. The van der Waals surface area contributed by atoms with E-state index in [0.717, 1.165) is 18.4 Å². The first-order chi connectivity index (χ1) is 18.2. The highest BCUT2D eigenvalue weighted by Crippen LogP contribution is 2.19. The van der Waals surface area contributed by atoms with Gasteiger partial charge in [-0.15, -0.1) is 0 Å². The highest BCUT2D eigenvalue weighted by Gasteiger charge is 2.24. The molecule has 0 saturated heterocycles. The van der Waals surface area contributed by atoms with E-state index in [9.17, 15) is 14.4 Å². The summed E-state index contributed by atoms with van der Waals surface area (Å²) in [5.74, 6) is -0.616. The van der Waals surface area contributed by atoms with Crippen molar-refractivity contribution in [3.63, 3.8) is 0 Å². The average molecular weight is 538 g/mol. The van der Waals surface area contributed by atoms with E-state index in [0.29, 0.717) is 23.1 Å². The molecule has 0 radical (unpaired) electrons. The third-order valence-corrected chi connectivity index (χ3v) is 5.65. The molecule has 10 heteroatoms. The van der Waals surface area contributed by atoms with Crippen molar-refractivity contribution in [1.29, 1.82) is 0 Å². The van der Waals surface area contributed by atoms with E-state index >= 15 is 0 Å². The molecule has 2 aromatic heterocycles. The van der Waals surface area contributed by atoms with E-state index in [2.05, 4.69) is 9.98 Å². The summed E-state index contributed by atoms with van der Waals surface area (Å²) < 4.78 is 14.0. The summed E-state index contributed by atoms with van der Waals surface area (Å²) in [6.45, 7) is 11.1. The molecule has 0 N–H and O–H groups in total. The topological polar surface area (TPSA) is 108 Å². The van der Waals surface area contributed by atoms with Gasteiger partial charge in [0, 0.05) is 26.8 Å². The van der Waals surface area contributed by atoms with Crippen LogP contribution in [0.2, 0.25) is 0 Å². The molecule has 3 aromatic rings.